The standard InChI is InChI=1S/C19H27N3O2/c1-12(2)18(20)19(23)22-8-6-13(7-9-22)16-11-21-17-5-4-14(24-3)10-15(16)17/h4-5,10-13,18,21H,6-9,20H2,1-3H3/t18-/m0/s1. The molecule has 1 aliphatic rings. The van der Waals surface area contributed by atoms with Gasteiger partial charge in [-0.2, -0.15) is 0 Å². The molecule has 0 aliphatic carbocycles. The summed E-state index contributed by atoms with van der Waals surface area (Å²) in [4.78, 5) is 17.7. The third kappa shape index (κ3) is 3.13. The SMILES string of the molecule is COc1ccc2[nH]cc(C3CCN(C(=O)[C@@H](N)C(C)C)CC3)c2c1. The van der Waals surface area contributed by atoms with Crippen LogP contribution >= 0.6 is 0 Å². The van der Waals surface area contributed by atoms with Crippen LogP contribution in [0.15, 0.2) is 24.4 Å². The van der Waals surface area contributed by atoms with E-state index in [2.05, 4.69) is 23.3 Å². The number of fused-ring (bicyclic) bond motifs is 1. The molecule has 1 aliphatic heterocycles. The van der Waals surface area contributed by atoms with Crippen LogP contribution < -0.4 is 10.5 Å². The number of methoxy groups -OCH3 is 1. The van der Waals surface area contributed by atoms with Gasteiger partial charge in [-0.05, 0) is 48.4 Å². The maximum Gasteiger partial charge on any atom is 0.239 e. The van der Waals surface area contributed by atoms with E-state index in [1.54, 1.807) is 7.11 Å². The number of hydrogen-bond donors (Lipinski definition) is 2. The zero-order valence-electron chi connectivity index (χ0n) is 14.7. The fourth-order valence-electron chi connectivity index (χ4n) is 3.49. The van der Waals surface area contributed by atoms with Crippen LogP contribution in [0.3, 0.4) is 0 Å². The lowest BCUT2D eigenvalue weighted by Gasteiger charge is -2.34. The molecule has 1 atom stereocenters. The molecule has 130 valence electrons. The molecule has 1 fully saturated rings. The summed E-state index contributed by atoms with van der Waals surface area (Å²) in [7, 11) is 1.69. The number of ether oxygens (including phenoxy) is 1. The number of likely N-dealkylation sites (tertiary alicyclic amines) is 1. The molecule has 3 rings (SSSR count). The van der Waals surface area contributed by atoms with Crippen LogP contribution in [0.4, 0.5) is 0 Å². The summed E-state index contributed by atoms with van der Waals surface area (Å²) in [5.74, 6) is 1.60. The lowest BCUT2D eigenvalue weighted by Crippen LogP contribution is -2.49. The van der Waals surface area contributed by atoms with Crippen molar-refractivity contribution in [3.8, 4) is 5.75 Å². The zero-order valence-corrected chi connectivity index (χ0v) is 14.7. The van der Waals surface area contributed by atoms with Crippen molar-refractivity contribution in [3.63, 3.8) is 0 Å². The molecule has 0 radical (unpaired) electrons. The Kier molecular flexibility index (Phi) is 4.81. The number of nitrogens with two attached hydrogens (primary N) is 1. The van der Waals surface area contributed by atoms with Crippen LogP contribution in [0.2, 0.25) is 0 Å². The number of carbonyl (C=O) groups is 1. The van der Waals surface area contributed by atoms with Gasteiger partial charge in [-0.25, -0.2) is 0 Å². The number of aromatic nitrogens is 1. The number of benzene rings is 1. The molecule has 5 heteroatoms. The van der Waals surface area contributed by atoms with Crippen LogP contribution in [0, 0.1) is 5.92 Å². The Morgan fingerprint density at radius 2 is 2.04 bits per heavy atom. The van der Waals surface area contributed by atoms with Crippen LogP contribution in [0.25, 0.3) is 10.9 Å². The molecule has 1 saturated heterocycles. The normalized spacial score (nSPS) is 17.5. The van der Waals surface area contributed by atoms with Gasteiger partial charge in [-0.3, -0.25) is 4.79 Å². The first-order valence-electron chi connectivity index (χ1n) is 8.70. The lowest BCUT2D eigenvalue weighted by molar-refractivity contribution is -0.134. The molecular weight excluding hydrogens is 302 g/mol. The van der Waals surface area contributed by atoms with Gasteiger partial charge in [0.25, 0.3) is 0 Å². The molecule has 0 saturated carbocycles. The summed E-state index contributed by atoms with van der Waals surface area (Å²) in [6, 6.07) is 5.72. The molecule has 0 spiro atoms. The summed E-state index contributed by atoms with van der Waals surface area (Å²) in [6.07, 6.45) is 4.05. The Morgan fingerprint density at radius 3 is 2.67 bits per heavy atom. The topological polar surface area (TPSA) is 71.3 Å². The first-order valence-corrected chi connectivity index (χ1v) is 8.70. The number of H-pyrrole nitrogens is 1. The minimum atomic E-state index is -0.390. The van der Waals surface area contributed by atoms with E-state index in [0.717, 1.165) is 37.2 Å². The van der Waals surface area contributed by atoms with Gasteiger partial charge in [0.1, 0.15) is 5.75 Å². The number of nitrogens with zero attached hydrogens (tertiary/aromatic N) is 1. The van der Waals surface area contributed by atoms with Crippen LogP contribution in [-0.4, -0.2) is 42.0 Å². The smallest absolute Gasteiger partial charge is 0.239 e. The monoisotopic (exact) mass is 329 g/mol. The van der Waals surface area contributed by atoms with E-state index >= 15 is 0 Å². The zero-order chi connectivity index (χ0) is 17.3. The summed E-state index contributed by atoms with van der Waals surface area (Å²) in [5.41, 5.74) is 8.47. The van der Waals surface area contributed by atoms with Gasteiger partial charge in [-0.15, -0.1) is 0 Å². The van der Waals surface area contributed by atoms with Crippen molar-refractivity contribution >= 4 is 16.8 Å². The van der Waals surface area contributed by atoms with Gasteiger partial charge < -0.3 is 20.4 Å². The first-order chi connectivity index (χ1) is 11.5. The summed E-state index contributed by atoms with van der Waals surface area (Å²) in [5, 5.41) is 1.22. The number of aromatic amines is 1. The van der Waals surface area contributed by atoms with Crippen molar-refractivity contribution in [2.24, 2.45) is 11.7 Å². The van der Waals surface area contributed by atoms with E-state index in [-0.39, 0.29) is 17.9 Å². The van der Waals surface area contributed by atoms with E-state index < -0.39 is 0 Å². The third-order valence-electron chi connectivity index (χ3n) is 5.17. The Morgan fingerprint density at radius 1 is 1.33 bits per heavy atom. The van der Waals surface area contributed by atoms with Crippen molar-refractivity contribution in [1.82, 2.24) is 9.88 Å². The highest BCUT2D eigenvalue weighted by atomic mass is 16.5. The van der Waals surface area contributed by atoms with Gasteiger partial charge in [-0.1, -0.05) is 13.8 Å². The van der Waals surface area contributed by atoms with Gasteiger partial charge >= 0.3 is 0 Å². The van der Waals surface area contributed by atoms with Gasteiger partial charge in [0, 0.05) is 30.2 Å². The van der Waals surface area contributed by atoms with Crippen LogP contribution in [0.1, 0.15) is 38.2 Å². The fourth-order valence-corrected chi connectivity index (χ4v) is 3.49. The molecule has 3 N–H and O–H groups in total. The molecule has 0 unspecified atom stereocenters. The van der Waals surface area contributed by atoms with Crippen molar-refractivity contribution in [2.75, 3.05) is 20.2 Å². The lowest BCUT2D eigenvalue weighted by atomic mass is 9.88. The number of hydrogen-bond acceptors (Lipinski definition) is 3. The largest absolute Gasteiger partial charge is 0.497 e. The molecular formula is C19H27N3O2. The van der Waals surface area contributed by atoms with E-state index in [0.29, 0.717) is 5.92 Å². The highest BCUT2D eigenvalue weighted by Crippen LogP contribution is 2.34. The van der Waals surface area contributed by atoms with Crippen LogP contribution in [0.5, 0.6) is 5.75 Å². The second kappa shape index (κ2) is 6.85. The minimum absolute atomic E-state index is 0.0871. The van der Waals surface area contributed by atoms with Crippen molar-refractivity contribution in [3.05, 3.63) is 30.0 Å². The molecule has 1 aromatic carbocycles. The molecule has 2 aromatic rings. The predicted octanol–water partition coefficient (Wildman–Crippen LogP) is 2.87. The van der Waals surface area contributed by atoms with E-state index in [1.165, 1.54) is 10.9 Å². The molecule has 1 aromatic heterocycles. The number of amides is 1. The Labute approximate surface area is 143 Å². The second-order valence-electron chi connectivity index (χ2n) is 7.02. The third-order valence-corrected chi connectivity index (χ3v) is 5.17. The first kappa shape index (κ1) is 16.8. The fraction of sp³-hybridized carbons (Fsp3) is 0.526. The van der Waals surface area contributed by atoms with E-state index in [1.807, 2.05) is 24.8 Å². The van der Waals surface area contributed by atoms with Crippen molar-refractivity contribution in [1.29, 1.82) is 0 Å². The maximum absolute atomic E-state index is 12.4. The van der Waals surface area contributed by atoms with E-state index in [9.17, 15) is 4.79 Å². The van der Waals surface area contributed by atoms with Crippen molar-refractivity contribution < 1.29 is 9.53 Å². The molecule has 24 heavy (non-hydrogen) atoms. The number of nitrogens with one attached hydrogen (secondary N) is 1. The predicted molar refractivity (Wildman–Crippen MR) is 96.2 cm³/mol. The van der Waals surface area contributed by atoms with Crippen molar-refractivity contribution in [2.45, 2.75) is 38.6 Å². The Balaban J connectivity index is 1.72. The number of piperidine rings is 1. The number of carbonyl (C=O) groups excluding carboxylic acids is 1. The molecule has 1 amide bonds. The molecule has 2 heterocycles. The molecule has 0 bridgehead atoms. The summed E-state index contributed by atoms with van der Waals surface area (Å²) in [6.45, 7) is 5.55. The quantitative estimate of drug-likeness (QED) is 0.906. The van der Waals surface area contributed by atoms with Gasteiger partial charge in [0.2, 0.25) is 5.91 Å². The second-order valence-corrected chi connectivity index (χ2v) is 7.02. The summed E-state index contributed by atoms with van der Waals surface area (Å²) < 4.78 is 5.35. The van der Waals surface area contributed by atoms with Gasteiger partial charge in [0.15, 0.2) is 0 Å². The van der Waals surface area contributed by atoms with Crippen LogP contribution in [-0.2, 0) is 4.79 Å². The number of rotatable bonds is 4. The summed E-state index contributed by atoms with van der Waals surface area (Å²) >= 11 is 0. The average Bonchev–Trinajstić information content (AvgIpc) is 3.03. The van der Waals surface area contributed by atoms with Gasteiger partial charge in [0.05, 0.1) is 13.2 Å². The Bertz CT molecular complexity index is 714. The minimum Gasteiger partial charge on any atom is -0.497 e. The average molecular weight is 329 g/mol. The highest BCUT2D eigenvalue weighted by Gasteiger charge is 2.29. The molecule has 5 nitrogen and oxygen atoms in total. The maximum atomic E-state index is 12.4. The Hall–Kier alpha value is -2.01. The highest BCUT2D eigenvalue weighted by molar-refractivity contribution is 5.85. The van der Waals surface area contributed by atoms with E-state index in [4.69, 9.17) is 10.5 Å².